The van der Waals surface area contributed by atoms with Crippen LogP contribution in [0.25, 0.3) is 0 Å². The number of benzene rings is 2. The molecular formula is C58H89N7O13S. The first-order valence-electron chi connectivity index (χ1n) is 28.1. The van der Waals surface area contributed by atoms with Crippen molar-refractivity contribution in [1.29, 1.82) is 0 Å². The number of carbonyl (C=O) groups is 7. The van der Waals surface area contributed by atoms with E-state index in [1.54, 1.807) is 62.3 Å². The van der Waals surface area contributed by atoms with Gasteiger partial charge in [0.05, 0.1) is 100 Å². The predicted octanol–water partition coefficient (Wildman–Crippen LogP) is 4.94. The van der Waals surface area contributed by atoms with Crippen LogP contribution >= 0.6 is 11.9 Å². The van der Waals surface area contributed by atoms with E-state index in [-0.39, 0.29) is 73.5 Å². The normalized spacial score (nSPS) is 18.5. The van der Waals surface area contributed by atoms with E-state index < -0.39 is 60.1 Å². The van der Waals surface area contributed by atoms with Crippen LogP contribution in [0.4, 0.5) is 0 Å². The molecule has 0 bridgehead atoms. The Labute approximate surface area is 472 Å². The van der Waals surface area contributed by atoms with Crippen LogP contribution in [0.15, 0.2) is 54.6 Å². The third kappa shape index (κ3) is 18.5. The summed E-state index contributed by atoms with van der Waals surface area (Å²) in [4.78, 5) is 106. The molecule has 2 aliphatic heterocycles. The number of hydrogen-bond donors (Lipinski definition) is 3. The molecule has 1 saturated heterocycles. The Balaban J connectivity index is 1.09. The highest BCUT2D eigenvalue weighted by atomic mass is 32.2. The van der Waals surface area contributed by atoms with Crippen LogP contribution in [-0.2, 0) is 58.9 Å². The fourth-order valence-corrected chi connectivity index (χ4v) is 11.2. The number of likely N-dealkylation sites (N-methyl/N-ethyl adjacent to an activating group) is 2. The summed E-state index contributed by atoms with van der Waals surface area (Å²) in [6, 6.07) is 12.9. The lowest BCUT2D eigenvalue weighted by molar-refractivity contribution is -0.148. The van der Waals surface area contributed by atoms with E-state index in [1.807, 2.05) is 83.8 Å². The number of carbonyl (C=O) groups excluding carboxylic acids is 7. The van der Waals surface area contributed by atoms with Gasteiger partial charge in [-0.2, -0.15) is 0 Å². The molecule has 440 valence electrons. The molecule has 0 spiro atoms. The molecule has 0 radical (unpaired) electrons. The van der Waals surface area contributed by atoms with Gasteiger partial charge >= 0.3 is 0 Å². The molecule has 20 nitrogen and oxygen atoms in total. The number of methoxy groups -OCH3 is 2. The molecule has 3 aliphatic rings. The fraction of sp³-hybridized carbons (Fsp3) is 0.672. The van der Waals surface area contributed by atoms with Gasteiger partial charge in [0, 0.05) is 46.0 Å². The Morgan fingerprint density at radius 1 is 0.722 bits per heavy atom. The lowest BCUT2D eigenvalue weighted by atomic mass is 9.89. The maximum Gasteiger partial charge on any atom is 0.285 e. The highest BCUT2D eigenvalue weighted by molar-refractivity contribution is 7.98. The second kappa shape index (κ2) is 32.4. The van der Waals surface area contributed by atoms with Gasteiger partial charge in [0.2, 0.25) is 23.6 Å². The van der Waals surface area contributed by atoms with Gasteiger partial charge in [-0.3, -0.25) is 48.0 Å². The molecular weight excluding hydrogens is 1030 g/mol. The SMILES string of the molecule is CCC(C)C(C(CC(=O)N1CCCC1C(OC)C(C)C(=O)NC(Cc1ccccc1)C(=O)NSC1CC1)OC)N(C)C(=O)[C@@H](NC(=O)C(C(C)C)N(C)CCOCCOCCOCCON1C(=O)c2ccccc2C1=O)C(C)C. The van der Waals surface area contributed by atoms with Crippen molar-refractivity contribution in [2.24, 2.45) is 23.7 Å². The van der Waals surface area contributed by atoms with Gasteiger partial charge in [0.1, 0.15) is 12.1 Å². The first kappa shape index (κ1) is 64.8. The maximum absolute atomic E-state index is 14.7. The summed E-state index contributed by atoms with van der Waals surface area (Å²) < 4.78 is 32.1. The quantitative estimate of drug-likeness (QED) is 0.0467. The Hall–Kier alpha value is -5.00. The first-order valence-corrected chi connectivity index (χ1v) is 29.0. The van der Waals surface area contributed by atoms with Crippen molar-refractivity contribution in [3.05, 3.63) is 71.3 Å². The highest BCUT2D eigenvalue weighted by Crippen LogP contribution is 2.33. The number of likely N-dealkylation sites (tertiary alicyclic amines) is 1. The topological polar surface area (TPSA) is 224 Å². The van der Waals surface area contributed by atoms with E-state index in [1.165, 1.54) is 11.9 Å². The number of rotatable bonds is 36. The van der Waals surface area contributed by atoms with E-state index in [9.17, 15) is 33.6 Å². The van der Waals surface area contributed by atoms with Crippen molar-refractivity contribution in [3.8, 4) is 0 Å². The van der Waals surface area contributed by atoms with Crippen molar-refractivity contribution in [1.82, 2.24) is 35.1 Å². The molecule has 2 heterocycles. The highest BCUT2D eigenvalue weighted by Gasteiger charge is 2.44. The summed E-state index contributed by atoms with van der Waals surface area (Å²) in [5.74, 6) is -3.54. The van der Waals surface area contributed by atoms with Crippen molar-refractivity contribution >= 4 is 53.3 Å². The second-order valence-corrected chi connectivity index (χ2v) is 22.8. The Kier molecular flexibility index (Phi) is 26.6. The largest absolute Gasteiger partial charge is 0.379 e. The standard InChI is InChI=1S/C58H89N7O13S/c1-12-39(6)51(47(73-10)36-48(66)64-26-18-23-46(64)52(74-11)40(7)53(67)59-45(35-41-19-14-13-15-20-41)54(68)61-79-42-24-25-42)63(9)58(72)49(37(2)3)60-55(69)50(38(4)5)62(8)27-28-75-29-30-76-31-32-77-33-34-78-65-56(70)43-21-16-17-22-44(43)57(65)71/h13-17,19-22,37-40,42,45-47,49-52H,12,18,23-36H2,1-11H3,(H,59,67)(H,60,69)(H,61,68)/t39?,40?,45?,46?,47?,49-,50?,51?,52?/m0/s1. The first-order chi connectivity index (χ1) is 37.8. The monoisotopic (exact) mass is 1120 g/mol. The van der Waals surface area contributed by atoms with Crippen LogP contribution in [0.3, 0.4) is 0 Å². The Morgan fingerprint density at radius 2 is 1.32 bits per heavy atom. The summed E-state index contributed by atoms with van der Waals surface area (Å²) in [5.41, 5.74) is 1.54. The van der Waals surface area contributed by atoms with E-state index in [0.717, 1.165) is 23.5 Å². The molecule has 5 rings (SSSR count). The van der Waals surface area contributed by atoms with Gasteiger partial charge < -0.3 is 44.1 Å². The van der Waals surface area contributed by atoms with E-state index in [4.69, 9.17) is 28.5 Å². The minimum Gasteiger partial charge on any atom is -0.379 e. The molecule has 79 heavy (non-hydrogen) atoms. The Bertz CT molecular complexity index is 2260. The van der Waals surface area contributed by atoms with Crippen LogP contribution in [0.1, 0.15) is 113 Å². The Morgan fingerprint density at radius 3 is 1.87 bits per heavy atom. The van der Waals surface area contributed by atoms with Crippen LogP contribution < -0.4 is 15.4 Å². The number of imide groups is 1. The zero-order chi connectivity index (χ0) is 57.8. The minimum absolute atomic E-state index is 0.0189. The molecule has 2 aromatic carbocycles. The fourth-order valence-electron chi connectivity index (χ4n) is 10.4. The van der Waals surface area contributed by atoms with Crippen molar-refractivity contribution in [3.63, 3.8) is 0 Å². The lowest BCUT2D eigenvalue weighted by Crippen LogP contribution is -2.60. The number of fused-ring (bicyclic) bond motifs is 1. The number of nitrogens with zero attached hydrogens (tertiary/aromatic N) is 4. The zero-order valence-electron chi connectivity index (χ0n) is 48.4. The zero-order valence-corrected chi connectivity index (χ0v) is 49.3. The molecule has 0 aromatic heterocycles. The molecule has 21 heteroatoms. The summed E-state index contributed by atoms with van der Waals surface area (Å²) in [6.45, 7) is 16.2. The minimum atomic E-state index is -0.874. The molecule has 3 N–H and O–H groups in total. The van der Waals surface area contributed by atoms with Crippen LogP contribution in [-0.4, -0.2) is 196 Å². The second-order valence-electron chi connectivity index (χ2n) is 21.6. The smallest absolute Gasteiger partial charge is 0.285 e. The molecule has 7 amide bonds. The molecule has 2 fully saturated rings. The van der Waals surface area contributed by atoms with Crippen LogP contribution in [0, 0.1) is 23.7 Å². The number of nitrogens with one attached hydrogen (secondary N) is 3. The predicted molar refractivity (Wildman–Crippen MR) is 300 cm³/mol. The van der Waals surface area contributed by atoms with Gasteiger partial charge in [-0.15, -0.1) is 5.06 Å². The summed E-state index contributed by atoms with van der Waals surface area (Å²) in [7, 11) is 6.66. The van der Waals surface area contributed by atoms with E-state index in [0.29, 0.717) is 81.6 Å². The summed E-state index contributed by atoms with van der Waals surface area (Å²) in [5, 5.41) is 7.25. The van der Waals surface area contributed by atoms with Crippen molar-refractivity contribution < 1.29 is 62.1 Å². The third-order valence-corrected chi connectivity index (χ3v) is 16.3. The maximum atomic E-state index is 14.7. The van der Waals surface area contributed by atoms with E-state index >= 15 is 0 Å². The van der Waals surface area contributed by atoms with Crippen molar-refractivity contribution in [2.75, 3.05) is 87.7 Å². The average Bonchev–Trinajstić information content (AvgIpc) is 4.15. The molecule has 2 aromatic rings. The van der Waals surface area contributed by atoms with Crippen molar-refractivity contribution in [2.45, 2.75) is 141 Å². The van der Waals surface area contributed by atoms with Gasteiger partial charge in [0.15, 0.2) is 0 Å². The van der Waals surface area contributed by atoms with Gasteiger partial charge in [-0.25, -0.2) is 0 Å². The summed E-state index contributed by atoms with van der Waals surface area (Å²) >= 11 is 1.40. The lowest BCUT2D eigenvalue weighted by Gasteiger charge is -2.41. The third-order valence-electron chi connectivity index (χ3n) is 15.2. The number of hydrogen-bond acceptors (Lipinski definition) is 15. The number of amides is 7. The summed E-state index contributed by atoms with van der Waals surface area (Å²) in [6.07, 6.45) is 3.04. The van der Waals surface area contributed by atoms with Crippen LogP contribution in [0.2, 0.25) is 0 Å². The number of hydroxylamine groups is 2. The van der Waals surface area contributed by atoms with Gasteiger partial charge in [-0.1, -0.05) is 97.4 Å². The van der Waals surface area contributed by atoms with Crippen LogP contribution in [0.5, 0.6) is 0 Å². The molecule has 1 aliphatic carbocycles. The van der Waals surface area contributed by atoms with Gasteiger partial charge in [0.25, 0.3) is 17.7 Å². The molecule has 1 saturated carbocycles. The average molecular weight is 1120 g/mol. The molecule has 9 atom stereocenters. The van der Waals surface area contributed by atoms with E-state index in [2.05, 4.69) is 15.4 Å². The number of ether oxygens (including phenoxy) is 5. The molecule has 8 unspecified atom stereocenters. The van der Waals surface area contributed by atoms with Gasteiger partial charge in [-0.05, 0) is 80.1 Å².